The van der Waals surface area contributed by atoms with Crippen LogP contribution in [0.15, 0.2) is 90.7 Å². The highest BCUT2D eigenvalue weighted by Gasteiger charge is 1.89. The van der Waals surface area contributed by atoms with Gasteiger partial charge in [0.2, 0.25) is 0 Å². The van der Waals surface area contributed by atoms with Crippen LogP contribution < -0.4 is 0 Å². The van der Waals surface area contributed by atoms with Gasteiger partial charge < -0.3 is 5.11 Å². The highest BCUT2D eigenvalue weighted by atomic mass is 16.3. The van der Waals surface area contributed by atoms with Gasteiger partial charge in [-0.3, -0.25) is 0 Å². The Bertz CT molecular complexity index is 592. The van der Waals surface area contributed by atoms with Crippen LogP contribution in [0.25, 0.3) is 6.08 Å². The number of aliphatic hydroxyl groups is 1. The van der Waals surface area contributed by atoms with E-state index >= 15 is 0 Å². The highest BCUT2D eigenvalue weighted by molar-refractivity contribution is 5.50. The van der Waals surface area contributed by atoms with Crippen molar-refractivity contribution >= 4 is 6.08 Å². The summed E-state index contributed by atoms with van der Waals surface area (Å²) in [7, 11) is 0. The van der Waals surface area contributed by atoms with Crippen LogP contribution in [0.1, 0.15) is 11.1 Å². The topological polar surface area (TPSA) is 20.2 Å². The van der Waals surface area contributed by atoms with E-state index in [1.807, 2.05) is 85.0 Å². The summed E-state index contributed by atoms with van der Waals surface area (Å²) in [5, 5.41) is 9.75. The molecular weight excluding hydrogens is 244 g/mol. The maximum Gasteiger partial charge on any atom is 0.111 e. The third-order valence-electron chi connectivity index (χ3n) is 2.86. The lowest BCUT2D eigenvalue weighted by Crippen LogP contribution is -1.82. The van der Waals surface area contributed by atoms with E-state index in [0.29, 0.717) is 0 Å². The highest BCUT2D eigenvalue weighted by Crippen LogP contribution is 2.04. The number of hydrogen-bond acceptors (Lipinski definition) is 1. The first kappa shape index (κ1) is 13.9. The van der Waals surface area contributed by atoms with Crippen LogP contribution in [-0.2, 0) is 6.42 Å². The first-order valence-corrected chi connectivity index (χ1v) is 6.67. The number of allylic oxidation sites excluding steroid dienone is 4. The Labute approximate surface area is 120 Å². The zero-order chi connectivity index (χ0) is 14.0. The minimum atomic E-state index is 0.284. The van der Waals surface area contributed by atoms with Crippen LogP contribution in [-0.4, -0.2) is 5.11 Å². The molecule has 0 aromatic heterocycles. The van der Waals surface area contributed by atoms with Crippen LogP contribution in [0, 0.1) is 0 Å². The first-order valence-electron chi connectivity index (χ1n) is 6.67. The third kappa shape index (κ3) is 4.99. The van der Waals surface area contributed by atoms with Gasteiger partial charge in [-0.25, -0.2) is 0 Å². The van der Waals surface area contributed by atoms with Crippen molar-refractivity contribution in [1.29, 1.82) is 0 Å². The second-order valence-corrected chi connectivity index (χ2v) is 4.45. The molecule has 0 saturated carbocycles. The standard InChI is InChI=1S/C19H18O/c20-19(16-15-18-11-5-2-6-12-18)14-8-7-13-17-9-3-1-4-10-17/h1-14,16,20H,15H2. The SMILES string of the molecule is OC(C=CC=Cc1ccccc1)=CCc1ccccc1. The summed E-state index contributed by atoms with van der Waals surface area (Å²) in [4.78, 5) is 0. The van der Waals surface area contributed by atoms with Gasteiger partial charge in [0.15, 0.2) is 0 Å². The summed E-state index contributed by atoms with van der Waals surface area (Å²) >= 11 is 0. The van der Waals surface area contributed by atoms with Crippen LogP contribution in [0.3, 0.4) is 0 Å². The van der Waals surface area contributed by atoms with Gasteiger partial charge in [0, 0.05) is 0 Å². The Hall–Kier alpha value is -2.54. The Balaban J connectivity index is 1.86. The molecular formula is C19H18O. The number of hydrogen-bond donors (Lipinski definition) is 1. The average Bonchev–Trinajstić information content (AvgIpc) is 2.52. The van der Waals surface area contributed by atoms with Crippen molar-refractivity contribution in [2.45, 2.75) is 6.42 Å². The van der Waals surface area contributed by atoms with Gasteiger partial charge >= 0.3 is 0 Å². The largest absolute Gasteiger partial charge is 0.508 e. The van der Waals surface area contributed by atoms with Crippen LogP contribution in [0.5, 0.6) is 0 Å². The molecule has 20 heavy (non-hydrogen) atoms. The lowest BCUT2D eigenvalue weighted by atomic mass is 10.1. The fourth-order valence-electron chi connectivity index (χ4n) is 1.79. The van der Waals surface area contributed by atoms with Crippen LogP contribution in [0.4, 0.5) is 0 Å². The fourth-order valence-corrected chi connectivity index (χ4v) is 1.79. The molecule has 0 bridgehead atoms. The van der Waals surface area contributed by atoms with Gasteiger partial charge in [0.05, 0.1) is 0 Å². The molecule has 2 aromatic carbocycles. The summed E-state index contributed by atoms with van der Waals surface area (Å²) in [6.07, 6.45) is 10.00. The number of benzene rings is 2. The molecule has 1 heteroatoms. The molecule has 0 spiro atoms. The minimum Gasteiger partial charge on any atom is -0.508 e. The average molecular weight is 262 g/mol. The van der Waals surface area contributed by atoms with Crippen molar-refractivity contribution < 1.29 is 5.11 Å². The molecule has 1 N–H and O–H groups in total. The Morgan fingerprint density at radius 2 is 1.50 bits per heavy atom. The quantitative estimate of drug-likeness (QED) is 0.597. The van der Waals surface area contributed by atoms with E-state index in [-0.39, 0.29) is 5.76 Å². The van der Waals surface area contributed by atoms with Crippen LogP contribution in [0.2, 0.25) is 0 Å². The predicted octanol–water partition coefficient (Wildman–Crippen LogP) is 4.94. The summed E-state index contributed by atoms with van der Waals surface area (Å²) in [5.41, 5.74) is 2.33. The molecule has 0 aliphatic carbocycles. The molecule has 0 saturated heterocycles. The summed E-state index contributed by atoms with van der Waals surface area (Å²) in [6.45, 7) is 0. The molecule has 1 nitrogen and oxygen atoms in total. The molecule has 2 rings (SSSR count). The maximum absolute atomic E-state index is 9.75. The van der Waals surface area contributed by atoms with Crippen LogP contribution >= 0.6 is 0 Å². The Kier molecular flexibility index (Phi) is 5.41. The van der Waals surface area contributed by atoms with E-state index in [0.717, 1.165) is 12.0 Å². The third-order valence-corrected chi connectivity index (χ3v) is 2.86. The molecule has 0 radical (unpaired) electrons. The van der Waals surface area contributed by atoms with Crippen molar-refractivity contribution in [3.05, 3.63) is 102 Å². The lowest BCUT2D eigenvalue weighted by molar-refractivity contribution is 0.430. The normalized spacial score (nSPS) is 12.3. The number of rotatable bonds is 5. The van der Waals surface area contributed by atoms with E-state index in [4.69, 9.17) is 0 Å². The molecule has 0 heterocycles. The maximum atomic E-state index is 9.75. The molecule has 0 aliphatic rings. The van der Waals surface area contributed by atoms with E-state index in [1.165, 1.54) is 5.56 Å². The summed E-state index contributed by atoms with van der Waals surface area (Å²) < 4.78 is 0. The molecule has 2 aromatic rings. The van der Waals surface area contributed by atoms with E-state index in [9.17, 15) is 5.11 Å². The van der Waals surface area contributed by atoms with Gasteiger partial charge in [-0.2, -0.15) is 0 Å². The fraction of sp³-hybridized carbons (Fsp3) is 0.0526. The van der Waals surface area contributed by atoms with E-state index in [2.05, 4.69) is 0 Å². The van der Waals surface area contributed by atoms with Gasteiger partial charge in [0.25, 0.3) is 0 Å². The van der Waals surface area contributed by atoms with Crippen molar-refractivity contribution in [2.75, 3.05) is 0 Å². The van der Waals surface area contributed by atoms with Gasteiger partial charge in [-0.1, -0.05) is 78.9 Å². The summed E-state index contributed by atoms with van der Waals surface area (Å²) in [5.74, 6) is 0.284. The Morgan fingerprint density at radius 3 is 2.20 bits per heavy atom. The van der Waals surface area contributed by atoms with Gasteiger partial charge in [-0.15, -0.1) is 0 Å². The minimum absolute atomic E-state index is 0.284. The van der Waals surface area contributed by atoms with E-state index < -0.39 is 0 Å². The zero-order valence-corrected chi connectivity index (χ0v) is 11.3. The van der Waals surface area contributed by atoms with Crippen molar-refractivity contribution in [3.63, 3.8) is 0 Å². The molecule has 0 unspecified atom stereocenters. The van der Waals surface area contributed by atoms with Crippen molar-refractivity contribution in [1.82, 2.24) is 0 Å². The Morgan fingerprint density at radius 1 is 0.850 bits per heavy atom. The smallest absolute Gasteiger partial charge is 0.111 e. The molecule has 0 amide bonds. The summed E-state index contributed by atoms with van der Waals surface area (Å²) in [6, 6.07) is 20.1. The van der Waals surface area contributed by atoms with Gasteiger partial charge in [0.1, 0.15) is 5.76 Å². The van der Waals surface area contributed by atoms with Gasteiger partial charge in [-0.05, 0) is 29.7 Å². The van der Waals surface area contributed by atoms with Crippen molar-refractivity contribution in [3.8, 4) is 0 Å². The lowest BCUT2D eigenvalue weighted by Gasteiger charge is -1.95. The molecule has 0 atom stereocenters. The van der Waals surface area contributed by atoms with E-state index in [1.54, 1.807) is 6.08 Å². The molecule has 100 valence electrons. The first-order chi connectivity index (χ1) is 9.84. The molecule has 0 fully saturated rings. The zero-order valence-electron chi connectivity index (χ0n) is 11.3. The predicted molar refractivity (Wildman–Crippen MR) is 85.5 cm³/mol. The number of aliphatic hydroxyl groups excluding tert-OH is 1. The second-order valence-electron chi connectivity index (χ2n) is 4.45. The monoisotopic (exact) mass is 262 g/mol. The van der Waals surface area contributed by atoms with Crippen molar-refractivity contribution in [2.24, 2.45) is 0 Å². The second kappa shape index (κ2) is 7.80. The molecule has 0 aliphatic heterocycles.